The number of hydrogen-bond acceptors (Lipinski definition) is 4. The second kappa shape index (κ2) is 9.84. The molecule has 1 N–H and O–H groups in total. The van der Waals surface area contributed by atoms with Gasteiger partial charge in [-0.15, -0.1) is 5.10 Å². The van der Waals surface area contributed by atoms with Crippen molar-refractivity contribution in [1.29, 1.82) is 0 Å². The number of rotatable bonds is 8. The molecule has 0 unspecified atom stereocenters. The van der Waals surface area contributed by atoms with Crippen LogP contribution in [0.5, 0.6) is 5.75 Å². The van der Waals surface area contributed by atoms with Crippen molar-refractivity contribution in [2.75, 3.05) is 6.61 Å². The van der Waals surface area contributed by atoms with Crippen LogP contribution in [0.1, 0.15) is 48.2 Å². The van der Waals surface area contributed by atoms with Gasteiger partial charge in [-0.3, -0.25) is 9.48 Å². The lowest BCUT2D eigenvalue weighted by Crippen LogP contribution is -2.31. The van der Waals surface area contributed by atoms with Gasteiger partial charge in [0.15, 0.2) is 6.61 Å². The third kappa shape index (κ3) is 6.57. The van der Waals surface area contributed by atoms with E-state index in [9.17, 15) is 18.0 Å². The van der Waals surface area contributed by atoms with Crippen LogP contribution in [-0.2, 0) is 18.3 Å². The van der Waals surface area contributed by atoms with E-state index in [1.807, 2.05) is 24.3 Å². The van der Waals surface area contributed by atoms with Crippen molar-refractivity contribution in [3.8, 4) is 5.75 Å². The van der Waals surface area contributed by atoms with Crippen LogP contribution in [0, 0.1) is 0 Å². The first-order chi connectivity index (χ1) is 15.1. The molecule has 3 rings (SSSR count). The molecular weight excluding hydrogens is 421 g/mol. The highest BCUT2D eigenvalue weighted by Gasteiger charge is 2.28. The quantitative estimate of drug-likeness (QED) is 0.559. The van der Waals surface area contributed by atoms with Crippen molar-refractivity contribution in [2.45, 2.75) is 38.4 Å². The molecule has 0 aliphatic heterocycles. The van der Waals surface area contributed by atoms with Crippen molar-refractivity contribution >= 4 is 5.91 Å². The number of nitrogens with one attached hydrogen (secondary N) is 1. The molecule has 1 heterocycles. The fourth-order valence-corrected chi connectivity index (χ4v) is 3.17. The second-order valence-corrected chi connectivity index (χ2v) is 7.86. The van der Waals surface area contributed by atoms with E-state index in [0.717, 1.165) is 5.56 Å². The molecule has 1 atom stereocenters. The smallest absolute Gasteiger partial charge is 0.422 e. The van der Waals surface area contributed by atoms with Gasteiger partial charge in [0.2, 0.25) is 5.91 Å². The predicted molar refractivity (Wildman–Crippen MR) is 113 cm³/mol. The number of amides is 1. The van der Waals surface area contributed by atoms with E-state index < -0.39 is 18.8 Å². The molecule has 32 heavy (non-hydrogen) atoms. The maximum atomic E-state index is 12.8. The Bertz CT molecular complexity index is 1030. The van der Waals surface area contributed by atoms with Gasteiger partial charge in [-0.25, -0.2) is 0 Å². The van der Waals surface area contributed by atoms with Crippen molar-refractivity contribution < 1.29 is 22.7 Å². The minimum absolute atomic E-state index is 0.0838. The fraction of sp³-hybridized carbons (Fsp3) is 0.348. The number of halogens is 3. The number of benzene rings is 2. The predicted octanol–water partition coefficient (Wildman–Crippen LogP) is 4.33. The molecule has 170 valence electrons. The summed E-state index contributed by atoms with van der Waals surface area (Å²) in [6.07, 6.45) is -2.56. The van der Waals surface area contributed by atoms with Crippen molar-refractivity contribution in [2.24, 2.45) is 7.05 Å². The highest BCUT2D eigenvalue weighted by Crippen LogP contribution is 2.24. The molecule has 0 fully saturated rings. The van der Waals surface area contributed by atoms with Crippen LogP contribution in [0.2, 0.25) is 0 Å². The van der Waals surface area contributed by atoms with Crippen LogP contribution >= 0.6 is 0 Å². The zero-order valence-corrected chi connectivity index (χ0v) is 18.1. The summed E-state index contributed by atoms with van der Waals surface area (Å²) >= 11 is 0. The Kier molecular flexibility index (Phi) is 7.17. The van der Waals surface area contributed by atoms with Gasteiger partial charge >= 0.3 is 6.18 Å². The van der Waals surface area contributed by atoms with E-state index >= 15 is 0 Å². The largest absolute Gasteiger partial charge is 0.484 e. The lowest BCUT2D eigenvalue weighted by Gasteiger charge is -2.18. The summed E-state index contributed by atoms with van der Waals surface area (Å²) in [4.78, 5) is 12.8. The summed E-state index contributed by atoms with van der Waals surface area (Å²) in [6.45, 7) is 2.84. The van der Waals surface area contributed by atoms with Crippen LogP contribution in [0.3, 0.4) is 0 Å². The van der Waals surface area contributed by atoms with Gasteiger partial charge in [-0.2, -0.15) is 13.2 Å². The maximum Gasteiger partial charge on any atom is 0.422 e. The number of ether oxygens (including phenoxy) is 1. The van der Waals surface area contributed by atoms with Crippen LogP contribution in [0.15, 0.2) is 54.7 Å². The number of carbonyl (C=O) groups is 1. The molecule has 2 aromatic carbocycles. The van der Waals surface area contributed by atoms with E-state index in [0.29, 0.717) is 17.2 Å². The van der Waals surface area contributed by atoms with Crippen molar-refractivity contribution in [3.63, 3.8) is 0 Å². The Morgan fingerprint density at radius 2 is 1.69 bits per heavy atom. The van der Waals surface area contributed by atoms with Gasteiger partial charge in [-0.05, 0) is 34.7 Å². The van der Waals surface area contributed by atoms with Gasteiger partial charge < -0.3 is 10.1 Å². The number of carbonyl (C=O) groups excluding carboxylic acids is 1. The first-order valence-corrected chi connectivity index (χ1v) is 10.1. The van der Waals surface area contributed by atoms with Crippen LogP contribution in [0.4, 0.5) is 13.2 Å². The molecule has 3 aromatic rings. The summed E-state index contributed by atoms with van der Waals surface area (Å²) < 4.78 is 43.4. The van der Waals surface area contributed by atoms with E-state index in [1.54, 1.807) is 25.4 Å². The van der Waals surface area contributed by atoms with Crippen molar-refractivity contribution in [1.82, 2.24) is 20.3 Å². The van der Waals surface area contributed by atoms with Crippen LogP contribution in [-0.4, -0.2) is 33.7 Å². The molecule has 0 aliphatic carbocycles. The average Bonchev–Trinajstić information content (AvgIpc) is 3.17. The van der Waals surface area contributed by atoms with Gasteiger partial charge in [0, 0.05) is 7.05 Å². The molecule has 0 spiro atoms. The summed E-state index contributed by atoms with van der Waals surface area (Å²) in [7, 11) is 1.71. The standard InChI is InChI=1S/C23H25F3N4O2/c1-15(2)17-6-4-16(5-7-17)12-21(31)27-22(20-13-30(3)29-28-20)18-8-10-19(11-9-18)32-14-23(24,25)26/h4-11,13,15,22H,12,14H2,1-3H3,(H,27,31)/t22-/m0/s1. The molecule has 0 bridgehead atoms. The minimum atomic E-state index is -4.41. The maximum absolute atomic E-state index is 12.8. The summed E-state index contributed by atoms with van der Waals surface area (Å²) in [5.74, 6) is 0.276. The van der Waals surface area contributed by atoms with Gasteiger partial charge in [0.05, 0.1) is 18.7 Å². The number of nitrogens with zero attached hydrogens (tertiary/aromatic N) is 3. The summed E-state index contributed by atoms with van der Waals surface area (Å²) in [5.41, 5.74) is 3.23. The fourth-order valence-electron chi connectivity index (χ4n) is 3.17. The average molecular weight is 446 g/mol. The second-order valence-electron chi connectivity index (χ2n) is 7.86. The topological polar surface area (TPSA) is 69.0 Å². The summed E-state index contributed by atoms with van der Waals surface area (Å²) in [6, 6.07) is 13.3. The number of aromatic nitrogens is 3. The highest BCUT2D eigenvalue weighted by molar-refractivity contribution is 5.79. The Morgan fingerprint density at radius 1 is 1.06 bits per heavy atom. The van der Waals surface area contributed by atoms with Gasteiger partial charge in [0.1, 0.15) is 11.4 Å². The van der Waals surface area contributed by atoms with Gasteiger partial charge in [0.25, 0.3) is 0 Å². The first-order valence-electron chi connectivity index (χ1n) is 10.1. The molecule has 6 nitrogen and oxygen atoms in total. The SMILES string of the molecule is CC(C)c1ccc(CC(=O)N[C@@H](c2ccc(OCC(F)(F)F)cc2)c2cn(C)nn2)cc1. The van der Waals surface area contributed by atoms with E-state index in [2.05, 4.69) is 29.5 Å². The van der Waals surface area contributed by atoms with E-state index in [4.69, 9.17) is 4.74 Å². The highest BCUT2D eigenvalue weighted by atomic mass is 19.4. The molecule has 0 aliphatic rings. The first kappa shape index (κ1) is 23.3. The number of alkyl halides is 3. The zero-order valence-electron chi connectivity index (χ0n) is 18.1. The molecule has 9 heteroatoms. The van der Waals surface area contributed by atoms with Gasteiger partial charge in [-0.1, -0.05) is 55.5 Å². The van der Waals surface area contributed by atoms with E-state index in [-0.39, 0.29) is 18.1 Å². The molecule has 1 aromatic heterocycles. The lowest BCUT2D eigenvalue weighted by molar-refractivity contribution is -0.153. The zero-order chi connectivity index (χ0) is 23.3. The Morgan fingerprint density at radius 3 is 2.22 bits per heavy atom. The van der Waals surface area contributed by atoms with E-state index in [1.165, 1.54) is 22.4 Å². The summed E-state index contributed by atoms with van der Waals surface area (Å²) in [5, 5.41) is 11.0. The minimum Gasteiger partial charge on any atom is -0.484 e. The normalized spacial score (nSPS) is 12.6. The molecule has 0 saturated heterocycles. The monoisotopic (exact) mass is 446 g/mol. The van der Waals surface area contributed by atoms with Crippen molar-refractivity contribution in [3.05, 3.63) is 77.1 Å². The Balaban J connectivity index is 1.74. The van der Waals surface area contributed by atoms with Crippen LogP contribution in [0.25, 0.3) is 0 Å². The Labute approximate surface area is 184 Å². The molecule has 0 radical (unpaired) electrons. The number of aryl methyl sites for hydroxylation is 1. The van der Waals surface area contributed by atoms with Crippen LogP contribution < -0.4 is 10.1 Å². The Hall–Kier alpha value is -3.36. The molecule has 0 saturated carbocycles. The third-order valence-corrected chi connectivity index (χ3v) is 4.85. The molecular formula is C23H25F3N4O2. The number of hydrogen-bond donors (Lipinski definition) is 1. The molecule has 1 amide bonds. The third-order valence-electron chi connectivity index (χ3n) is 4.85. The lowest BCUT2D eigenvalue weighted by atomic mass is 10.00.